The predicted octanol–water partition coefficient (Wildman–Crippen LogP) is 3.56. The molecule has 1 aromatic heterocycles. The summed E-state index contributed by atoms with van der Waals surface area (Å²) >= 11 is 6.04. The molecule has 1 heterocycles. The maximum absolute atomic E-state index is 10.9. The smallest absolute Gasteiger partial charge is 0.260 e. The van der Waals surface area contributed by atoms with E-state index in [1.165, 1.54) is 0 Å². The Kier molecular flexibility index (Phi) is 4.87. The first kappa shape index (κ1) is 13.9. The average molecular weight is 257 g/mol. The fraction of sp³-hybridized carbons (Fsp3) is 0.583. The molecule has 94 valence electrons. The lowest BCUT2D eigenvalue weighted by molar-refractivity contribution is -0.386. The number of alkyl halides is 1. The molecule has 0 bridgehead atoms. The minimum Gasteiger partial charge on any atom is -0.260 e. The molecule has 0 fully saturated rings. The SMILES string of the molecule is CCC(Cl)CCc1ncc(C)c([N+](=O)[O-])c1C. The number of rotatable bonds is 5. The fourth-order valence-corrected chi connectivity index (χ4v) is 1.90. The van der Waals surface area contributed by atoms with Gasteiger partial charge in [0.05, 0.1) is 10.6 Å². The molecule has 4 nitrogen and oxygen atoms in total. The van der Waals surface area contributed by atoms with Gasteiger partial charge in [-0.2, -0.15) is 0 Å². The molecule has 1 aromatic rings. The van der Waals surface area contributed by atoms with Crippen LogP contribution in [0.5, 0.6) is 0 Å². The first-order valence-electron chi connectivity index (χ1n) is 5.70. The van der Waals surface area contributed by atoms with Crippen molar-refractivity contribution in [3.8, 4) is 0 Å². The summed E-state index contributed by atoms with van der Waals surface area (Å²) in [5.74, 6) is 0. The van der Waals surface area contributed by atoms with Crippen LogP contribution in [0, 0.1) is 24.0 Å². The van der Waals surface area contributed by atoms with E-state index in [2.05, 4.69) is 4.98 Å². The number of nitrogens with zero attached hydrogens (tertiary/aromatic N) is 2. The summed E-state index contributed by atoms with van der Waals surface area (Å²) in [5, 5.41) is 11.0. The highest BCUT2D eigenvalue weighted by molar-refractivity contribution is 6.20. The van der Waals surface area contributed by atoms with Gasteiger partial charge in [-0.05, 0) is 33.1 Å². The lowest BCUT2D eigenvalue weighted by Gasteiger charge is -2.09. The molecule has 5 heteroatoms. The summed E-state index contributed by atoms with van der Waals surface area (Å²) in [4.78, 5) is 14.9. The molecular formula is C12H17ClN2O2. The van der Waals surface area contributed by atoms with E-state index in [0.29, 0.717) is 17.5 Å². The van der Waals surface area contributed by atoms with Gasteiger partial charge >= 0.3 is 0 Å². The lowest BCUT2D eigenvalue weighted by Crippen LogP contribution is -2.05. The van der Waals surface area contributed by atoms with Crippen LogP contribution in [0.15, 0.2) is 6.20 Å². The molecule has 0 radical (unpaired) electrons. The largest absolute Gasteiger partial charge is 0.278 e. The van der Waals surface area contributed by atoms with Crippen molar-refractivity contribution in [1.29, 1.82) is 0 Å². The molecule has 0 aliphatic heterocycles. The van der Waals surface area contributed by atoms with E-state index in [9.17, 15) is 10.1 Å². The summed E-state index contributed by atoms with van der Waals surface area (Å²) in [7, 11) is 0. The van der Waals surface area contributed by atoms with E-state index in [4.69, 9.17) is 11.6 Å². The van der Waals surface area contributed by atoms with Gasteiger partial charge in [-0.25, -0.2) is 0 Å². The van der Waals surface area contributed by atoms with Crippen LogP contribution in [-0.2, 0) is 6.42 Å². The van der Waals surface area contributed by atoms with Crippen LogP contribution in [0.3, 0.4) is 0 Å². The second-order valence-electron chi connectivity index (χ2n) is 4.16. The number of aryl methyl sites for hydroxylation is 2. The highest BCUT2D eigenvalue weighted by Gasteiger charge is 2.18. The van der Waals surface area contributed by atoms with Crippen LogP contribution < -0.4 is 0 Å². The standard InChI is InChI=1S/C12H17ClN2O2/c1-4-10(13)5-6-11-9(3)12(15(16)17)8(2)7-14-11/h7,10H,4-6H2,1-3H3. The molecular weight excluding hydrogens is 240 g/mol. The van der Waals surface area contributed by atoms with Crippen molar-refractivity contribution in [1.82, 2.24) is 4.98 Å². The number of pyridine rings is 1. The summed E-state index contributed by atoms with van der Waals surface area (Å²) in [6, 6.07) is 0. The second kappa shape index (κ2) is 5.96. The number of nitro groups is 1. The molecule has 1 unspecified atom stereocenters. The Hall–Kier alpha value is -1.16. The third-order valence-corrected chi connectivity index (χ3v) is 3.42. The van der Waals surface area contributed by atoms with Crippen molar-refractivity contribution < 1.29 is 4.92 Å². The molecule has 0 aliphatic carbocycles. The van der Waals surface area contributed by atoms with Crippen molar-refractivity contribution in [3.05, 3.63) is 33.1 Å². The van der Waals surface area contributed by atoms with Crippen LogP contribution in [0.2, 0.25) is 0 Å². The first-order chi connectivity index (χ1) is 7.97. The van der Waals surface area contributed by atoms with Gasteiger partial charge in [0.25, 0.3) is 5.69 Å². The zero-order chi connectivity index (χ0) is 13.0. The van der Waals surface area contributed by atoms with Crippen LogP contribution in [0.1, 0.15) is 36.6 Å². The fourth-order valence-electron chi connectivity index (χ4n) is 1.80. The average Bonchev–Trinajstić information content (AvgIpc) is 2.27. The summed E-state index contributed by atoms with van der Waals surface area (Å²) in [5.41, 5.74) is 2.23. The van der Waals surface area contributed by atoms with Gasteiger partial charge in [0, 0.05) is 22.7 Å². The van der Waals surface area contributed by atoms with E-state index >= 15 is 0 Å². The molecule has 0 saturated carbocycles. The number of hydrogen-bond donors (Lipinski definition) is 0. The van der Waals surface area contributed by atoms with Gasteiger partial charge < -0.3 is 0 Å². The normalized spacial score (nSPS) is 12.5. The minimum atomic E-state index is -0.339. The quantitative estimate of drug-likeness (QED) is 0.460. The molecule has 0 amide bonds. The Bertz CT molecular complexity index is 421. The minimum absolute atomic E-state index is 0.108. The van der Waals surface area contributed by atoms with Crippen LogP contribution >= 0.6 is 11.6 Å². The number of hydrogen-bond acceptors (Lipinski definition) is 3. The highest BCUT2D eigenvalue weighted by atomic mass is 35.5. The maximum atomic E-state index is 10.9. The van der Waals surface area contributed by atoms with Crippen molar-refractivity contribution in [2.75, 3.05) is 0 Å². The zero-order valence-corrected chi connectivity index (χ0v) is 11.1. The summed E-state index contributed by atoms with van der Waals surface area (Å²) < 4.78 is 0. The Morgan fingerprint density at radius 1 is 1.53 bits per heavy atom. The van der Waals surface area contributed by atoms with Gasteiger partial charge in [0.15, 0.2) is 0 Å². The lowest BCUT2D eigenvalue weighted by atomic mass is 10.0. The molecule has 0 aliphatic rings. The molecule has 0 N–H and O–H groups in total. The first-order valence-corrected chi connectivity index (χ1v) is 6.14. The van der Waals surface area contributed by atoms with Crippen molar-refractivity contribution in [3.63, 3.8) is 0 Å². The Morgan fingerprint density at radius 2 is 2.18 bits per heavy atom. The molecule has 0 saturated heterocycles. The van der Waals surface area contributed by atoms with E-state index in [0.717, 1.165) is 18.5 Å². The molecule has 0 spiro atoms. The van der Waals surface area contributed by atoms with Gasteiger partial charge in [-0.1, -0.05) is 6.92 Å². The number of halogens is 1. The monoisotopic (exact) mass is 256 g/mol. The molecule has 1 rings (SSSR count). The van der Waals surface area contributed by atoms with Crippen molar-refractivity contribution >= 4 is 17.3 Å². The number of aromatic nitrogens is 1. The van der Waals surface area contributed by atoms with Crippen LogP contribution in [0.4, 0.5) is 5.69 Å². The third-order valence-electron chi connectivity index (χ3n) is 2.90. The highest BCUT2D eigenvalue weighted by Crippen LogP contribution is 2.25. The Labute approximate surface area is 106 Å². The van der Waals surface area contributed by atoms with Gasteiger partial charge in [0.2, 0.25) is 0 Å². The van der Waals surface area contributed by atoms with E-state index in [1.54, 1.807) is 20.0 Å². The predicted molar refractivity (Wildman–Crippen MR) is 68.6 cm³/mol. The maximum Gasteiger partial charge on any atom is 0.278 e. The van der Waals surface area contributed by atoms with Crippen LogP contribution in [-0.4, -0.2) is 15.3 Å². The Morgan fingerprint density at radius 3 is 2.71 bits per heavy atom. The van der Waals surface area contributed by atoms with E-state index < -0.39 is 0 Å². The molecule has 1 atom stereocenters. The van der Waals surface area contributed by atoms with E-state index in [1.807, 2.05) is 6.92 Å². The van der Waals surface area contributed by atoms with Gasteiger partial charge in [-0.15, -0.1) is 11.6 Å². The van der Waals surface area contributed by atoms with E-state index in [-0.39, 0.29) is 16.0 Å². The summed E-state index contributed by atoms with van der Waals surface area (Å²) in [6.45, 7) is 5.48. The van der Waals surface area contributed by atoms with Crippen molar-refractivity contribution in [2.45, 2.75) is 45.4 Å². The Balaban J connectivity index is 2.95. The third kappa shape index (κ3) is 3.40. The van der Waals surface area contributed by atoms with Gasteiger partial charge in [0.1, 0.15) is 0 Å². The van der Waals surface area contributed by atoms with Crippen LogP contribution in [0.25, 0.3) is 0 Å². The molecule has 17 heavy (non-hydrogen) atoms. The van der Waals surface area contributed by atoms with Gasteiger partial charge in [-0.3, -0.25) is 15.1 Å². The zero-order valence-electron chi connectivity index (χ0n) is 10.4. The topological polar surface area (TPSA) is 56.0 Å². The second-order valence-corrected chi connectivity index (χ2v) is 4.78. The van der Waals surface area contributed by atoms with Crippen molar-refractivity contribution in [2.24, 2.45) is 0 Å². The molecule has 0 aromatic carbocycles. The summed E-state index contributed by atoms with van der Waals surface area (Å²) in [6.07, 6.45) is 3.95.